The maximum Gasteiger partial charge on any atom is 0.418 e. The maximum absolute atomic E-state index is 12.7. The quantitative estimate of drug-likeness (QED) is 0.818. The Kier molecular flexibility index (Phi) is 4.23. The van der Waals surface area contributed by atoms with Crippen LogP contribution in [0.25, 0.3) is 0 Å². The van der Waals surface area contributed by atoms with Crippen LogP contribution in [0.15, 0.2) is 0 Å². The molecule has 1 heterocycles. The van der Waals surface area contributed by atoms with Crippen LogP contribution in [0.4, 0.5) is 13.2 Å². The van der Waals surface area contributed by atoms with E-state index in [4.69, 9.17) is 0 Å². The molecule has 0 aromatic carbocycles. The number of hydrogen-bond donors (Lipinski definition) is 1. The Labute approximate surface area is 94.4 Å². The van der Waals surface area contributed by atoms with E-state index in [1.807, 2.05) is 6.92 Å². The van der Waals surface area contributed by atoms with Crippen LogP contribution in [-0.2, 0) is 0 Å². The van der Waals surface area contributed by atoms with Crippen molar-refractivity contribution in [2.24, 2.45) is 0 Å². The molecule has 1 fully saturated rings. The topological polar surface area (TPSA) is 23.5 Å². The number of likely N-dealkylation sites (tertiary alicyclic amines) is 1. The molecule has 1 aliphatic rings. The molecule has 1 saturated heterocycles. The van der Waals surface area contributed by atoms with Crippen molar-refractivity contribution in [2.75, 3.05) is 13.1 Å². The van der Waals surface area contributed by atoms with Gasteiger partial charge in [-0.1, -0.05) is 13.3 Å². The predicted molar refractivity (Wildman–Crippen MR) is 56.2 cm³/mol. The third-order valence-electron chi connectivity index (χ3n) is 3.52. The SMILES string of the molecule is CCC(O)(CN1CCCCC1C)C(F)(F)F. The van der Waals surface area contributed by atoms with E-state index in [-0.39, 0.29) is 19.0 Å². The molecule has 2 nitrogen and oxygen atoms in total. The van der Waals surface area contributed by atoms with Gasteiger partial charge < -0.3 is 5.11 Å². The highest BCUT2D eigenvalue weighted by Crippen LogP contribution is 2.35. The van der Waals surface area contributed by atoms with Crippen LogP contribution in [0.2, 0.25) is 0 Å². The minimum Gasteiger partial charge on any atom is -0.379 e. The first-order chi connectivity index (χ1) is 7.30. The summed E-state index contributed by atoms with van der Waals surface area (Å²) in [5, 5.41) is 9.66. The van der Waals surface area contributed by atoms with Gasteiger partial charge in [-0.05, 0) is 32.7 Å². The Morgan fingerprint density at radius 2 is 1.94 bits per heavy atom. The van der Waals surface area contributed by atoms with Crippen LogP contribution in [0, 0.1) is 0 Å². The second-order valence-corrected chi connectivity index (χ2v) is 4.70. The van der Waals surface area contributed by atoms with Crippen LogP contribution >= 0.6 is 0 Å². The zero-order valence-electron chi connectivity index (χ0n) is 9.85. The lowest BCUT2D eigenvalue weighted by molar-refractivity contribution is -0.267. The average molecular weight is 239 g/mol. The molecule has 0 radical (unpaired) electrons. The first kappa shape index (κ1) is 13.8. The Balaban J connectivity index is 2.68. The number of rotatable bonds is 3. The minimum atomic E-state index is -4.54. The number of halogens is 3. The highest BCUT2D eigenvalue weighted by Gasteiger charge is 2.53. The van der Waals surface area contributed by atoms with E-state index in [1.165, 1.54) is 6.92 Å². The van der Waals surface area contributed by atoms with E-state index >= 15 is 0 Å². The van der Waals surface area contributed by atoms with Crippen molar-refractivity contribution in [2.45, 2.75) is 57.3 Å². The number of hydrogen-bond acceptors (Lipinski definition) is 2. The van der Waals surface area contributed by atoms with Crippen molar-refractivity contribution in [3.63, 3.8) is 0 Å². The van der Waals surface area contributed by atoms with Gasteiger partial charge in [-0.15, -0.1) is 0 Å². The lowest BCUT2D eigenvalue weighted by Gasteiger charge is -2.40. The van der Waals surface area contributed by atoms with Gasteiger partial charge in [0.2, 0.25) is 0 Å². The summed E-state index contributed by atoms with van der Waals surface area (Å²) in [5.74, 6) is 0. The Morgan fingerprint density at radius 3 is 2.38 bits per heavy atom. The summed E-state index contributed by atoms with van der Waals surface area (Å²) < 4.78 is 38.1. The molecule has 1 rings (SSSR count). The summed E-state index contributed by atoms with van der Waals surface area (Å²) in [5.41, 5.74) is -2.56. The van der Waals surface area contributed by atoms with Gasteiger partial charge in [0.25, 0.3) is 0 Å². The van der Waals surface area contributed by atoms with Crippen LogP contribution in [-0.4, -0.2) is 40.9 Å². The van der Waals surface area contributed by atoms with E-state index in [0.717, 1.165) is 19.3 Å². The van der Waals surface area contributed by atoms with E-state index in [9.17, 15) is 18.3 Å². The lowest BCUT2D eigenvalue weighted by atomic mass is 9.95. The molecule has 2 unspecified atom stereocenters. The van der Waals surface area contributed by atoms with Gasteiger partial charge in [0.15, 0.2) is 5.60 Å². The van der Waals surface area contributed by atoms with Crippen molar-refractivity contribution in [1.29, 1.82) is 0 Å². The van der Waals surface area contributed by atoms with Crippen molar-refractivity contribution in [3.05, 3.63) is 0 Å². The molecule has 5 heteroatoms. The normalized spacial score (nSPS) is 27.8. The Bertz CT molecular complexity index is 232. The maximum atomic E-state index is 12.7. The van der Waals surface area contributed by atoms with Gasteiger partial charge >= 0.3 is 6.18 Å². The van der Waals surface area contributed by atoms with Crippen molar-refractivity contribution in [1.82, 2.24) is 4.90 Å². The summed E-state index contributed by atoms with van der Waals surface area (Å²) in [7, 11) is 0. The van der Waals surface area contributed by atoms with Gasteiger partial charge in [-0.2, -0.15) is 13.2 Å². The van der Waals surface area contributed by atoms with Gasteiger partial charge in [-0.3, -0.25) is 4.90 Å². The third-order valence-corrected chi connectivity index (χ3v) is 3.52. The zero-order valence-corrected chi connectivity index (χ0v) is 9.85. The van der Waals surface area contributed by atoms with Gasteiger partial charge in [0.1, 0.15) is 0 Å². The predicted octanol–water partition coefficient (Wildman–Crippen LogP) is 2.56. The highest BCUT2D eigenvalue weighted by molar-refractivity contribution is 4.90. The monoisotopic (exact) mass is 239 g/mol. The summed E-state index contributed by atoms with van der Waals surface area (Å²) in [6.45, 7) is 3.65. The number of aliphatic hydroxyl groups is 1. The summed E-state index contributed by atoms with van der Waals surface area (Å²) in [6.07, 6.45) is -1.94. The molecule has 0 aliphatic carbocycles. The highest BCUT2D eigenvalue weighted by atomic mass is 19.4. The van der Waals surface area contributed by atoms with E-state index in [2.05, 4.69) is 0 Å². The van der Waals surface area contributed by atoms with Crippen molar-refractivity contribution < 1.29 is 18.3 Å². The van der Waals surface area contributed by atoms with E-state index in [1.54, 1.807) is 4.90 Å². The molecular formula is C11H20F3NO. The molecule has 0 spiro atoms. The molecule has 0 bridgehead atoms. The fourth-order valence-electron chi connectivity index (χ4n) is 2.13. The molecule has 0 saturated carbocycles. The molecule has 0 aromatic heterocycles. The number of alkyl halides is 3. The van der Waals surface area contributed by atoms with Crippen molar-refractivity contribution >= 4 is 0 Å². The molecule has 1 aliphatic heterocycles. The van der Waals surface area contributed by atoms with Crippen LogP contribution < -0.4 is 0 Å². The van der Waals surface area contributed by atoms with Crippen molar-refractivity contribution in [3.8, 4) is 0 Å². The number of nitrogens with zero attached hydrogens (tertiary/aromatic N) is 1. The number of β-amino-alcohol motifs (C(OH)–C–C–N with tert-alkyl or cyclic N) is 1. The Morgan fingerprint density at radius 1 is 1.31 bits per heavy atom. The van der Waals surface area contributed by atoms with E-state index < -0.39 is 11.8 Å². The number of piperidine rings is 1. The van der Waals surface area contributed by atoms with Gasteiger partial charge in [-0.25, -0.2) is 0 Å². The molecule has 1 N–H and O–H groups in total. The molecular weight excluding hydrogens is 219 g/mol. The summed E-state index contributed by atoms with van der Waals surface area (Å²) >= 11 is 0. The zero-order chi connectivity index (χ0) is 12.4. The standard InChI is InChI=1S/C11H20F3NO/c1-3-10(16,11(12,13)14)8-15-7-5-4-6-9(15)2/h9,16H,3-8H2,1-2H3. The molecule has 0 amide bonds. The lowest BCUT2D eigenvalue weighted by Crippen LogP contribution is -2.55. The van der Waals surface area contributed by atoms with Crippen LogP contribution in [0.5, 0.6) is 0 Å². The first-order valence-electron chi connectivity index (χ1n) is 5.83. The largest absolute Gasteiger partial charge is 0.418 e. The Hall–Kier alpha value is -0.290. The molecule has 0 aromatic rings. The van der Waals surface area contributed by atoms with Gasteiger partial charge in [0, 0.05) is 12.6 Å². The fourth-order valence-corrected chi connectivity index (χ4v) is 2.13. The smallest absolute Gasteiger partial charge is 0.379 e. The van der Waals surface area contributed by atoms with Gasteiger partial charge in [0.05, 0.1) is 0 Å². The molecule has 96 valence electrons. The molecule has 2 atom stereocenters. The second-order valence-electron chi connectivity index (χ2n) is 4.70. The minimum absolute atomic E-state index is 0.133. The third kappa shape index (κ3) is 2.88. The fraction of sp³-hybridized carbons (Fsp3) is 1.00. The summed E-state index contributed by atoms with van der Waals surface area (Å²) in [6, 6.07) is 0.133. The van der Waals surface area contributed by atoms with Crippen LogP contribution in [0.3, 0.4) is 0 Å². The molecule has 16 heavy (non-hydrogen) atoms. The summed E-state index contributed by atoms with van der Waals surface area (Å²) in [4.78, 5) is 1.75. The van der Waals surface area contributed by atoms with E-state index in [0.29, 0.717) is 6.54 Å². The second kappa shape index (κ2) is 4.92. The average Bonchev–Trinajstić information content (AvgIpc) is 2.19. The van der Waals surface area contributed by atoms with Crippen LogP contribution in [0.1, 0.15) is 39.5 Å². The first-order valence-corrected chi connectivity index (χ1v) is 5.83.